The average molecular weight is 404 g/mol. The molecule has 2 fully saturated rings. The Morgan fingerprint density at radius 1 is 1.17 bits per heavy atom. The third kappa shape index (κ3) is 4.45. The molecular weight excluding hydrogens is 374 g/mol. The zero-order valence-electron chi connectivity index (χ0n) is 17.4. The number of rotatable bonds is 6. The Hall–Kier alpha value is -2.95. The molecule has 1 saturated carbocycles. The number of hydrogen-bond donors (Lipinski definition) is 0. The fraction of sp³-hybridized carbons (Fsp3) is 0.400. The molecule has 1 saturated heterocycles. The van der Waals surface area contributed by atoms with Crippen LogP contribution in [0.1, 0.15) is 24.8 Å². The second kappa shape index (κ2) is 9.24. The van der Waals surface area contributed by atoms with E-state index in [0.29, 0.717) is 32.6 Å². The predicted molar refractivity (Wildman–Crippen MR) is 118 cm³/mol. The van der Waals surface area contributed by atoms with Crippen molar-refractivity contribution in [3.63, 3.8) is 0 Å². The number of carbonyl (C=O) groups is 2. The highest BCUT2D eigenvalue weighted by atomic mass is 16.2. The molecule has 0 bridgehead atoms. The number of hydrogen-bond acceptors (Lipinski definition) is 3. The van der Waals surface area contributed by atoms with Crippen LogP contribution in [0.4, 0.5) is 0 Å². The molecule has 4 rings (SSSR count). The van der Waals surface area contributed by atoms with Crippen LogP contribution < -0.4 is 0 Å². The van der Waals surface area contributed by atoms with E-state index in [0.717, 1.165) is 36.0 Å². The van der Waals surface area contributed by atoms with Gasteiger partial charge in [-0.2, -0.15) is 0 Å². The first-order chi connectivity index (χ1) is 14.7. The van der Waals surface area contributed by atoms with Crippen LogP contribution in [0.3, 0.4) is 0 Å². The summed E-state index contributed by atoms with van der Waals surface area (Å²) >= 11 is 0. The van der Waals surface area contributed by atoms with Gasteiger partial charge in [0, 0.05) is 44.5 Å². The van der Waals surface area contributed by atoms with Gasteiger partial charge in [-0.3, -0.25) is 14.6 Å². The van der Waals surface area contributed by atoms with Crippen LogP contribution in [-0.2, 0) is 16.0 Å². The minimum absolute atomic E-state index is 0.116. The van der Waals surface area contributed by atoms with E-state index in [-0.39, 0.29) is 23.7 Å². The zero-order valence-corrected chi connectivity index (χ0v) is 17.4. The van der Waals surface area contributed by atoms with Gasteiger partial charge in [0.1, 0.15) is 0 Å². The molecule has 1 aliphatic heterocycles. The molecule has 5 nitrogen and oxygen atoms in total. The van der Waals surface area contributed by atoms with Crippen molar-refractivity contribution < 1.29 is 9.59 Å². The van der Waals surface area contributed by atoms with Crippen molar-refractivity contribution in [3.05, 3.63) is 67.0 Å². The monoisotopic (exact) mass is 403 g/mol. The van der Waals surface area contributed by atoms with E-state index in [2.05, 4.69) is 29.8 Å². The van der Waals surface area contributed by atoms with Crippen molar-refractivity contribution in [3.8, 4) is 11.1 Å². The Labute approximate surface area is 178 Å². The maximum absolute atomic E-state index is 13.2. The van der Waals surface area contributed by atoms with Crippen molar-refractivity contribution in [1.82, 2.24) is 14.8 Å². The average Bonchev–Trinajstić information content (AvgIpc) is 2.88. The lowest BCUT2D eigenvalue weighted by atomic mass is 9.84. The van der Waals surface area contributed by atoms with E-state index in [1.165, 1.54) is 0 Å². The minimum atomic E-state index is -0.236. The highest BCUT2D eigenvalue weighted by molar-refractivity contribution is 5.83. The Morgan fingerprint density at radius 3 is 2.70 bits per heavy atom. The van der Waals surface area contributed by atoms with E-state index in [9.17, 15) is 9.59 Å². The summed E-state index contributed by atoms with van der Waals surface area (Å²) in [4.78, 5) is 34.1. The lowest BCUT2D eigenvalue weighted by molar-refractivity contribution is -0.138. The molecule has 2 aromatic rings. The number of carbonyl (C=O) groups excluding carboxylic acids is 2. The summed E-state index contributed by atoms with van der Waals surface area (Å²) in [5.41, 5.74) is 3.25. The zero-order chi connectivity index (χ0) is 20.9. The van der Waals surface area contributed by atoms with Crippen LogP contribution in [-0.4, -0.2) is 52.8 Å². The lowest BCUT2D eigenvalue weighted by Crippen LogP contribution is -2.42. The van der Waals surface area contributed by atoms with Gasteiger partial charge in [0.2, 0.25) is 11.8 Å². The Morgan fingerprint density at radius 2 is 2.00 bits per heavy atom. The number of amides is 2. The normalized spacial score (nSPS) is 19.9. The predicted octanol–water partition coefficient (Wildman–Crippen LogP) is 3.56. The number of nitrogens with zero attached hydrogens (tertiary/aromatic N) is 3. The molecule has 1 aromatic carbocycles. The summed E-state index contributed by atoms with van der Waals surface area (Å²) < 4.78 is 0. The van der Waals surface area contributed by atoms with Gasteiger partial charge in [-0.15, -0.1) is 6.58 Å². The first kappa shape index (κ1) is 20.3. The van der Waals surface area contributed by atoms with Crippen molar-refractivity contribution in [1.29, 1.82) is 0 Å². The third-order valence-corrected chi connectivity index (χ3v) is 6.26. The molecule has 0 spiro atoms. The SMILES string of the molecule is C=CCN1CCN(C(=O)C2CCC2)C[C@H](Cc2cccc(-c3cccnc3)c2)C1=O. The largest absolute Gasteiger partial charge is 0.340 e. The van der Waals surface area contributed by atoms with Gasteiger partial charge in [0.15, 0.2) is 0 Å². The molecule has 1 aliphatic carbocycles. The minimum Gasteiger partial charge on any atom is -0.340 e. The molecule has 0 N–H and O–H groups in total. The first-order valence-corrected chi connectivity index (χ1v) is 10.8. The standard InChI is InChI=1S/C25H29N3O2/c1-2-12-27-13-14-28(24(29)20-7-4-8-20)18-23(25(27)30)16-19-6-3-9-21(15-19)22-10-5-11-26-17-22/h2-3,5-6,9-11,15,17,20,23H,1,4,7-8,12-14,16,18H2/t23-/m0/s1. The maximum atomic E-state index is 13.2. The van der Waals surface area contributed by atoms with Crippen LogP contribution in [0.5, 0.6) is 0 Å². The molecule has 0 unspecified atom stereocenters. The molecule has 2 heterocycles. The van der Waals surface area contributed by atoms with Crippen LogP contribution in [0, 0.1) is 11.8 Å². The summed E-state index contributed by atoms with van der Waals surface area (Å²) in [6.07, 6.45) is 9.10. The van der Waals surface area contributed by atoms with Gasteiger partial charge in [-0.25, -0.2) is 0 Å². The third-order valence-electron chi connectivity index (χ3n) is 6.26. The second-order valence-electron chi connectivity index (χ2n) is 8.33. The highest BCUT2D eigenvalue weighted by Crippen LogP contribution is 2.30. The molecule has 1 aromatic heterocycles. The molecule has 30 heavy (non-hydrogen) atoms. The fourth-order valence-corrected chi connectivity index (χ4v) is 4.34. The lowest BCUT2D eigenvalue weighted by Gasteiger charge is -2.31. The summed E-state index contributed by atoms with van der Waals surface area (Å²) in [6.45, 7) is 6.01. The molecule has 1 atom stereocenters. The Balaban J connectivity index is 1.55. The number of pyridine rings is 1. The summed E-state index contributed by atoms with van der Waals surface area (Å²) in [5, 5.41) is 0. The topological polar surface area (TPSA) is 53.5 Å². The molecule has 5 heteroatoms. The molecule has 2 aliphatic rings. The summed E-state index contributed by atoms with van der Waals surface area (Å²) in [7, 11) is 0. The van der Waals surface area contributed by atoms with E-state index in [1.54, 1.807) is 12.3 Å². The van der Waals surface area contributed by atoms with Crippen LogP contribution in [0.15, 0.2) is 61.4 Å². The van der Waals surface area contributed by atoms with Gasteiger partial charge >= 0.3 is 0 Å². The van der Waals surface area contributed by atoms with Crippen LogP contribution in [0.25, 0.3) is 11.1 Å². The van der Waals surface area contributed by atoms with Gasteiger partial charge in [0.25, 0.3) is 0 Å². The number of benzene rings is 1. The summed E-state index contributed by atoms with van der Waals surface area (Å²) in [5.74, 6) is 0.260. The molecular formula is C25H29N3O2. The van der Waals surface area contributed by atoms with E-state index in [1.807, 2.05) is 34.2 Å². The van der Waals surface area contributed by atoms with E-state index < -0.39 is 0 Å². The second-order valence-corrected chi connectivity index (χ2v) is 8.33. The smallest absolute Gasteiger partial charge is 0.228 e. The van der Waals surface area contributed by atoms with Crippen molar-refractivity contribution in [2.45, 2.75) is 25.7 Å². The molecule has 2 amide bonds. The van der Waals surface area contributed by atoms with Gasteiger partial charge in [0.05, 0.1) is 5.92 Å². The van der Waals surface area contributed by atoms with Gasteiger partial charge < -0.3 is 9.80 Å². The Bertz CT molecular complexity index is 908. The quantitative estimate of drug-likeness (QED) is 0.693. The fourth-order valence-electron chi connectivity index (χ4n) is 4.34. The van der Waals surface area contributed by atoms with Crippen molar-refractivity contribution >= 4 is 11.8 Å². The Kier molecular flexibility index (Phi) is 6.26. The van der Waals surface area contributed by atoms with E-state index in [4.69, 9.17) is 0 Å². The van der Waals surface area contributed by atoms with Crippen molar-refractivity contribution in [2.24, 2.45) is 11.8 Å². The van der Waals surface area contributed by atoms with Crippen LogP contribution in [0.2, 0.25) is 0 Å². The molecule has 156 valence electrons. The van der Waals surface area contributed by atoms with Crippen molar-refractivity contribution in [2.75, 3.05) is 26.2 Å². The molecule has 0 radical (unpaired) electrons. The van der Waals surface area contributed by atoms with E-state index >= 15 is 0 Å². The number of aromatic nitrogens is 1. The summed E-state index contributed by atoms with van der Waals surface area (Å²) in [6, 6.07) is 12.2. The van der Waals surface area contributed by atoms with Gasteiger partial charge in [-0.05, 0) is 42.0 Å². The van der Waals surface area contributed by atoms with Crippen LogP contribution >= 0.6 is 0 Å². The first-order valence-electron chi connectivity index (χ1n) is 10.8. The maximum Gasteiger partial charge on any atom is 0.228 e. The van der Waals surface area contributed by atoms with Gasteiger partial charge in [-0.1, -0.05) is 42.8 Å². The highest BCUT2D eigenvalue weighted by Gasteiger charge is 2.35.